The summed E-state index contributed by atoms with van der Waals surface area (Å²) in [5.41, 5.74) is -0.215. The predicted molar refractivity (Wildman–Crippen MR) is 61.4 cm³/mol. The van der Waals surface area contributed by atoms with Gasteiger partial charge in [0.25, 0.3) is 5.69 Å². The molecule has 0 spiro atoms. The average Bonchev–Trinajstić information content (AvgIpc) is 2.29. The summed E-state index contributed by atoms with van der Waals surface area (Å²) >= 11 is 5.30. The SMILES string of the molecule is CCOc1cc([N+](=O)[O-])cc(NC(=O)CCl)n1. The lowest BCUT2D eigenvalue weighted by molar-refractivity contribution is -0.384. The van der Waals surface area contributed by atoms with E-state index < -0.39 is 10.8 Å². The molecule has 0 atom stereocenters. The van der Waals surface area contributed by atoms with Crippen LogP contribution in [0.4, 0.5) is 11.5 Å². The molecule has 1 rings (SSSR count). The van der Waals surface area contributed by atoms with E-state index in [1.165, 1.54) is 6.07 Å². The second-order valence-corrected chi connectivity index (χ2v) is 3.19. The molecule has 8 heteroatoms. The maximum atomic E-state index is 11.0. The summed E-state index contributed by atoms with van der Waals surface area (Å²) in [6, 6.07) is 2.31. The van der Waals surface area contributed by atoms with E-state index in [2.05, 4.69) is 10.3 Å². The number of nitro groups is 1. The van der Waals surface area contributed by atoms with Gasteiger partial charge in [0.2, 0.25) is 11.8 Å². The van der Waals surface area contributed by atoms with Gasteiger partial charge < -0.3 is 10.1 Å². The van der Waals surface area contributed by atoms with E-state index in [0.29, 0.717) is 6.61 Å². The van der Waals surface area contributed by atoms with Crippen LogP contribution in [0.5, 0.6) is 5.88 Å². The van der Waals surface area contributed by atoms with Crippen LogP contribution in [0.25, 0.3) is 0 Å². The van der Waals surface area contributed by atoms with Crippen molar-refractivity contribution in [2.24, 2.45) is 0 Å². The molecule has 0 bridgehead atoms. The summed E-state index contributed by atoms with van der Waals surface area (Å²) in [6.07, 6.45) is 0. The number of nitrogens with zero attached hydrogens (tertiary/aromatic N) is 2. The first-order valence-corrected chi connectivity index (χ1v) is 5.25. The molecule has 1 aromatic rings. The van der Waals surface area contributed by atoms with E-state index >= 15 is 0 Å². The summed E-state index contributed by atoms with van der Waals surface area (Å²) in [5, 5.41) is 13.0. The fourth-order valence-electron chi connectivity index (χ4n) is 1.06. The van der Waals surface area contributed by atoms with Crippen LogP contribution < -0.4 is 10.1 Å². The second-order valence-electron chi connectivity index (χ2n) is 2.92. The molecule has 17 heavy (non-hydrogen) atoms. The lowest BCUT2D eigenvalue weighted by atomic mass is 10.4. The highest BCUT2D eigenvalue weighted by molar-refractivity contribution is 6.29. The Kier molecular flexibility index (Phi) is 4.65. The minimum Gasteiger partial charge on any atom is -0.478 e. The van der Waals surface area contributed by atoms with Crippen LogP contribution in [0.1, 0.15) is 6.92 Å². The van der Waals surface area contributed by atoms with Crippen LogP contribution in [-0.2, 0) is 4.79 Å². The Morgan fingerprint density at radius 2 is 2.35 bits per heavy atom. The lowest BCUT2D eigenvalue weighted by Gasteiger charge is -2.06. The van der Waals surface area contributed by atoms with Crippen LogP contribution in [0.15, 0.2) is 12.1 Å². The van der Waals surface area contributed by atoms with Crippen molar-refractivity contribution in [3.8, 4) is 5.88 Å². The third kappa shape index (κ3) is 3.87. The van der Waals surface area contributed by atoms with Crippen molar-refractivity contribution in [2.45, 2.75) is 6.92 Å². The van der Waals surface area contributed by atoms with Crippen molar-refractivity contribution in [3.05, 3.63) is 22.2 Å². The molecule has 0 fully saturated rings. The molecule has 7 nitrogen and oxygen atoms in total. The number of carbonyl (C=O) groups is 1. The number of halogens is 1. The molecule has 0 unspecified atom stereocenters. The van der Waals surface area contributed by atoms with Crippen molar-refractivity contribution in [1.29, 1.82) is 0 Å². The molecule has 0 aliphatic heterocycles. The minimum atomic E-state index is -0.597. The van der Waals surface area contributed by atoms with Gasteiger partial charge >= 0.3 is 0 Å². The van der Waals surface area contributed by atoms with E-state index in [4.69, 9.17) is 16.3 Å². The molecular formula is C9H10ClN3O4. The number of hydrogen-bond donors (Lipinski definition) is 1. The lowest BCUT2D eigenvalue weighted by Crippen LogP contribution is -2.14. The molecule has 0 radical (unpaired) electrons. The fourth-order valence-corrected chi connectivity index (χ4v) is 1.13. The number of carbonyl (C=O) groups excluding carboxylic acids is 1. The Morgan fingerprint density at radius 1 is 1.65 bits per heavy atom. The minimum absolute atomic E-state index is 0.0355. The first kappa shape index (κ1) is 13.2. The third-order valence-electron chi connectivity index (χ3n) is 1.68. The van der Waals surface area contributed by atoms with Crippen molar-refractivity contribution >= 4 is 29.0 Å². The Bertz CT molecular complexity index is 438. The molecule has 1 amide bonds. The standard InChI is InChI=1S/C9H10ClN3O4/c1-2-17-9-4-6(13(15)16)3-7(12-9)11-8(14)5-10/h3-4H,2,5H2,1H3,(H,11,12,14). The average molecular weight is 260 g/mol. The van der Waals surface area contributed by atoms with Crippen LogP contribution in [0.3, 0.4) is 0 Å². The number of nitrogens with one attached hydrogen (secondary N) is 1. The Hall–Kier alpha value is -1.89. The number of alkyl halides is 1. The second kappa shape index (κ2) is 6.00. The van der Waals surface area contributed by atoms with Crippen molar-refractivity contribution in [1.82, 2.24) is 4.98 Å². The Balaban J connectivity index is 3.03. The first-order chi connectivity index (χ1) is 8.06. The molecule has 1 heterocycles. The Morgan fingerprint density at radius 3 is 2.88 bits per heavy atom. The summed E-state index contributed by atoms with van der Waals surface area (Å²) in [5.74, 6) is -0.643. The summed E-state index contributed by atoms with van der Waals surface area (Å²) in [6.45, 7) is 2.04. The molecular weight excluding hydrogens is 250 g/mol. The van der Waals surface area contributed by atoms with Gasteiger partial charge in [-0.3, -0.25) is 14.9 Å². The van der Waals surface area contributed by atoms with E-state index in [1.54, 1.807) is 6.92 Å². The first-order valence-electron chi connectivity index (χ1n) is 4.72. The number of ether oxygens (including phenoxy) is 1. The Labute approximate surface area is 102 Å². The van der Waals surface area contributed by atoms with Gasteiger partial charge in [0, 0.05) is 0 Å². The van der Waals surface area contributed by atoms with Gasteiger partial charge in [-0.1, -0.05) is 0 Å². The maximum Gasteiger partial charge on any atom is 0.278 e. The molecule has 0 aliphatic rings. The van der Waals surface area contributed by atoms with Crippen molar-refractivity contribution < 1.29 is 14.5 Å². The van der Waals surface area contributed by atoms with Gasteiger partial charge in [-0.2, -0.15) is 4.98 Å². The van der Waals surface area contributed by atoms with Crippen LogP contribution in [-0.4, -0.2) is 28.3 Å². The largest absolute Gasteiger partial charge is 0.478 e. The summed E-state index contributed by atoms with van der Waals surface area (Å²) in [7, 11) is 0. The molecule has 1 N–H and O–H groups in total. The quantitative estimate of drug-likeness (QED) is 0.492. The number of hydrogen-bond acceptors (Lipinski definition) is 5. The van der Waals surface area contributed by atoms with E-state index in [1.807, 2.05) is 0 Å². The van der Waals surface area contributed by atoms with Crippen LogP contribution in [0.2, 0.25) is 0 Å². The maximum absolute atomic E-state index is 11.0. The molecule has 0 aliphatic carbocycles. The zero-order valence-electron chi connectivity index (χ0n) is 8.97. The molecule has 0 aromatic carbocycles. The molecule has 1 aromatic heterocycles. The van der Waals surface area contributed by atoms with Crippen molar-refractivity contribution in [2.75, 3.05) is 17.8 Å². The van der Waals surface area contributed by atoms with Crippen LogP contribution >= 0.6 is 11.6 Å². The van der Waals surface area contributed by atoms with E-state index in [-0.39, 0.29) is 23.3 Å². The number of aromatic nitrogens is 1. The van der Waals surface area contributed by atoms with Crippen LogP contribution in [0, 0.1) is 10.1 Å². The van der Waals surface area contributed by atoms with E-state index in [0.717, 1.165) is 6.07 Å². The van der Waals surface area contributed by atoms with E-state index in [9.17, 15) is 14.9 Å². The number of amides is 1. The topological polar surface area (TPSA) is 94.4 Å². The number of anilines is 1. The normalized spacial score (nSPS) is 9.76. The number of rotatable bonds is 5. The predicted octanol–water partition coefficient (Wildman–Crippen LogP) is 1.57. The molecule has 0 saturated heterocycles. The van der Waals surface area contributed by atoms with Gasteiger partial charge in [0.15, 0.2) is 0 Å². The highest BCUT2D eigenvalue weighted by Crippen LogP contribution is 2.22. The fraction of sp³-hybridized carbons (Fsp3) is 0.333. The third-order valence-corrected chi connectivity index (χ3v) is 1.92. The van der Waals surface area contributed by atoms with Gasteiger partial charge in [0.1, 0.15) is 11.7 Å². The van der Waals surface area contributed by atoms with Crippen molar-refractivity contribution in [3.63, 3.8) is 0 Å². The zero-order chi connectivity index (χ0) is 12.8. The summed E-state index contributed by atoms with van der Waals surface area (Å²) in [4.78, 5) is 25.0. The number of pyridine rings is 1. The monoisotopic (exact) mass is 259 g/mol. The smallest absolute Gasteiger partial charge is 0.278 e. The van der Waals surface area contributed by atoms with Gasteiger partial charge in [-0.15, -0.1) is 11.6 Å². The van der Waals surface area contributed by atoms with Gasteiger partial charge in [-0.05, 0) is 6.92 Å². The summed E-state index contributed by atoms with van der Waals surface area (Å²) < 4.78 is 5.05. The molecule has 92 valence electrons. The van der Waals surface area contributed by atoms with Gasteiger partial charge in [-0.25, -0.2) is 0 Å². The zero-order valence-corrected chi connectivity index (χ0v) is 9.73. The highest BCUT2D eigenvalue weighted by Gasteiger charge is 2.13. The highest BCUT2D eigenvalue weighted by atomic mass is 35.5. The molecule has 0 saturated carbocycles. The van der Waals surface area contributed by atoms with Gasteiger partial charge in [0.05, 0.1) is 23.7 Å².